The van der Waals surface area contributed by atoms with Gasteiger partial charge in [-0.15, -0.1) is 0 Å². The Morgan fingerprint density at radius 3 is 2.53 bits per heavy atom. The number of hydrogen-bond donors (Lipinski definition) is 3. The van der Waals surface area contributed by atoms with Crippen LogP contribution in [0.2, 0.25) is 0 Å². The van der Waals surface area contributed by atoms with E-state index in [1.807, 2.05) is 31.2 Å². The first kappa shape index (κ1) is 21.9. The van der Waals surface area contributed by atoms with Crippen LogP contribution in [0.5, 0.6) is 0 Å². The zero-order chi connectivity index (χ0) is 24.5. The van der Waals surface area contributed by atoms with Gasteiger partial charge in [-0.05, 0) is 56.5 Å². The molecule has 3 N–H and O–H groups in total. The van der Waals surface area contributed by atoms with Crippen LogP contribution in [0.15, 0.2) is 72.2 Å². The fourth-order valence-electron chi connectivity index (χ4n) is 4.57. The molecule has 0 unspecified atom stereocenters. The lowest BCUT2D eigenvalue weighted by Gasteiger charge is -2.15. The summed E-state index contributed by atoms with van der Waals surface area (Å²) in [6, 6.07) is 11.6. The first-order valence-corrected chi connectivity index (χ1v) is 11.9. The quantitative estimate of drug-likeness (QED) is 0.336. The second-order valence-corrected chi connectivity index (χ2v) is 9.00. The van der Waals surface area contributed by atoms with Gasteiger partial charge in [0.25, 0.3) is 5.56 Å². The van der Waals surface area contributed by atoms with Gasteiger partial charge >= 0.3 is 0 Å². The summed E-state index contributed by atoms with van der Waals surface area (Å²) >= 11 is 0. The highest BCUT2D eigenvalue weighted by atomic mass is 16.1. The number of nitrogens with one attached hydrogen (secondary N) is 3. The van der Waals surface area contributed by atoms with Crippen LogP contribution in [0.1, 0.15) is 25.1 Å². The highest BCUT2D eigenvalue weighted by Gasteiger charge is 2.25. The molecule has 0 amide bonds. The first-order valence-electron chi connectivity index (χ1n) is 11.9. The zero-order valence-corrected chi connectivity index (χ0v) is 19.7. The molecule has 6 rings (SSSR count). The molecule has 10 nitrogen and oxygen atoms in total. The van der Waals surface area contributed by atoms with Crippen LogP contribution in [0.4, 0.5) is 11.8 Å². The van der Waals surface area contributed by atoms with E-state index in [-0.39, 0.29) is 5.56 Å². The molecule has 1 fully saturated rings. The number of hydrogen-bond acceptors (Lipinski definition) is 8. The zero-order valence-electron chi connectivity index (χ0n) is 19.7. The van der Waals surface area contributed by atoms with Crippen molar-refractivity contribution in [3.63, 3.8) is 0 Å². The normalized spacial score (nSPS) is 17.4. The van der Waals surface area contributed by atoms with Gasteiger partial charge in [-0.2, -0.15) is 0 Å². The minimum Gasteiger partial charge on any atom is -0.367 e. The smallest absolute Gasteiger partial charge is 0.255 e. The molecule has 0 aliphatic heterocycles. The van der Waals surface area contributed by atoms with Crippen molar-refractivity contribution >= 4 is 22.9 Å². The van der Waals surface area contributed by atoms with Gasteiger partial charge in [0.15, 0.2) is 5.65 Å². The standard InChI is InChI=1S/C26H25N9O/c1-16-28-12-18(13-29-16)17-4-9-24(36)35(15-17)21-7-8-23(30-14-21)31-19-5-6-20(11-19)32-26-33-22-3-2-10-27-25(22)34-26/h2-4,7-10,12-15,19-20H,5-6,11H2,1H3,(H,30,31)(H2,27,32,33,34)/t19-,20-/m0/s1. The Hall–Kier alpha value is -4.60. The maximum absolute atomic E-state index is 12.5. The van der Waals surface area contributed by atoms with Gasteiger partial charge < -0.3 is 15.6 Å². The molecule has 5 aromatic heterocycles. The number of aromatic amines is 1. The topological polar surface area (TPSA) is 126 Å². The number of aromatic nitrogens is 7. The Balaban J connectivity index is 1.11. The van der Waals surface area contributed by atoms with E-state index in [2.05, 4.69) is 40.5 Å². The lowest BCUT2D eigenvalue weighted by Crippen LogP contribution is -2.21. The fraction of sp³-hybridized carbons (Fsp3) is 0.231. The minimum atomic E-state index is -0.125. The largest absolute Gasteiger partial charge is 0.367 e. The lowest BCUT2D eigenvalue weighted by atomic mass is 10.1. The van der Waals surface area contributed by atoms with Crippen molar-refractivity contribution in [1.29, 1.82) is 0 Å². The summed E-state index contributed by atoms with van der Waals surface area (Å²) < 4.78 is 1.59. The number of aryl methyl sites for hydroxylation is 1. The number of fused-ring (bicyclic) bond motifs is 1. The van der Waals surface area contributed by atoms with Crippen molar-refractivity contribution < 1.29 is 0 Å². The molecule has 0 bridgehead atoms. The monoisotopic (exact) mass is 479 g/mol. The Morgan fingerprint density at radius 1 is 0.917 bits per heavy atom. The summed E-state index contributed by atoms with van der Waals surface area (Å²) in [7, 11) is 0. The van der Waals surface area contributed by atoms with E-state index in [0.29, 0.717) is 23.6 Å². The molecule has 0 spiro atoms. The predicted molar refractivity (Wildman–Crippen MR) is 138 cm³/mol. The SMILES string of the molecule is Cc1ncc(-c2ccc(=O)n(-c3ccc(N[C@H]4CC[C@H](Nc5nc6cccnc6[nH]5)C4)nc3)c2)cn1. The third-order valence-corrected chi connectivity index (χ3v) is 6.43. The van der Waals surface area contributed by atoms with E-state index >= 15 is 0 Å². The van der Waals surface area contributed by atoms with Gasteiger partial charge in [0, 0.05) is 54.1 Å². The number of imidazole rings is 1. The van der Waals surface area contributed by atoms with E-state index in [1.54, 1.807) is 47.7 Å². The molecule has 1 aliphatic rings. The summed E-state index contributed by atoms with van der Waals surface area (Å²) in [4.78, 5) is 37.7. The molecule has 10 heteroatoms. The average molecular weight is 480 g/mol. The second kappa shape index (κ2) is 9.21. The second-order valence-electron chi connectivity index (χ2n) is 9.00. The van der Waals surface area contributed by atoms with Gasteiger partial charge in [-0.25, -0.2) is 24.9 Å². The van der Waals surface area contributed by atoms with Crippen molar-refractivity contribution in [2.24, 2.45) is 0 Å². The summed E-state index contributed by atoms with van der Waals surface area (Å²) in [5.41, 5.74) is 3.93. The third-order valence-electron chi connectivity index (χ3n) is 6.43. The molecule has 0 aromatic carbocycles. The van der Waals surface area contributed by atoms with E-state index in [9.17, 15) is 4.79 Å². The van der Waals surface area contributed by atoms with Crippen LogP contribution >= 0.6 is 0 Å². The third kappa shape index (κ3) is 4.52. The van der Waals surface area contributed by atoms with Crippen molar-refractivity contribution in [2.75, 3.05) is 10.6 Å². The lowest BCUT2D eigenvalue weighted by molar-refractivity contribution is 0.718. The van der Waals surface area contributed by atoms with Crippen LogP contribution in [-0.2, 0) is 0 Å². The van der Waals surface area contributed by atoms with E-state index in [0.717, 1.165) is 53.3 Å². The first-order chi connectivity index (χ1) is 17.6. The maximum atomic E-state index is 12.5. The van der Waals surface area contributed by atoms with Crippen molar-refractivity contribution in [3.05, 3.63) is 83.6 Å². The van der Waals surface area contributed by atoms with Gasteiger partial charge in [0.1, 0.15) is 17.2 Å². The Morgan fingerprint density at radius 2 is 1.75 bits per heavy atom. The molecule has 36 heavy (non-hydrogen) atoms. The Labute approximate surface area is 206 Å². The average Bonchev–Trinajstić information content (AvgIpc) is 3.51. The number of anilines is 2. The van der Waals surface area contributed by atoms with Gasteiger partial charge in [0.2, 0.25) is 5.95 Å². The Bertz CT molecular complexity index is 1520. The van der Waals surface area contributed by atoms with Crippen LogP contribution in [0, 0.1) is 6.92 Å². The minimum absolute atomic E-state index is 0.125. The van der Waals surface area contributed by atoms with Crippen LogP contribution in [0.25, 0.3) is 28.0 Å². The Kier molecular flexibility index (Phi) is 5.61. The van der Waals surface area contributed by atoms with Crippen molar-refractivity contribution in [1.82, 2.24) is 34.5 Å². The van der Waals surface area contributed by atoms with Gasteiger partial charge in [0.05, 0.1) is 11.9 Å². The fourth-order valence-corrected chi connectivity index (χ4v) is 4.57. The number of pyridine rings is 3. The van der Waals surface area contributed by atoms with E-state index in [1.165, 1.54) is 0 Å². The molecule has 5 heterocycles. The molecule has 0 radical (unpaired) electrons. The summed E-state index contributed by atoms with van der Waals surface area (Å²) in [6.45, 7) is 1.84. The van der Waals surface area contributed by atoms with Crippen molar-refractivity contribution in [2.45, 2.75) is 38.3 Å². The van der Waals surface area contributed by atoms with E-state index < -0.39 is 0 Å². The van der Waals surface area contributed by atoms with Crippen LogP contribution in [0.3, 0.4) is 0 Å². The summed E-state index contributed by atoms with van der Waals surface area (Å²) in [5, 5.41) is 7.01. The van der Waals surface area contributed by atoms with Gasteiger partial charge in [-0.3, -0.25) is 9.36 Å². The summed E-state index contributed by atoms with van der Waals surface area (Å²) in [6.07, 6.45) is 11.8. The van der Waals surface area contributed by atoms with Crippen LogP contribution in [-0.4, -0.2) is 46.6 Å². The molecular formula is C26H25N9O. The number of H-pyrrole nitrogens is 1. The number of rotatable bonds is 6. The summed E-state index contributed by atoms with van der Waals surface area (Å²) in [5.74, 6) is 2.24. The molecule has 180 valence electrons. The predicted octanol–water partition coefficient (Wildman–Crippen LogP) is 3.71. The molecular weight excluding hydrogens is 454 g/mol. The van der Waals surface area contributed by atoms with Crippen LogP contribution < -0.4 is 16.2 Å². The van der Waals surface area contributed by atoms with Crippen molar-refractivity contribution in [3.8, 4) is 16.8 Å². The van der Waals surface area contributed by atoms with E-state index in [4.69, 9.17) is 0 Å². The number of nitrogens with zero attached hydrogens (tertiary/aromatic N) is 6. The molecule has 2 atom stereocenters. The highest BCUT2D eigenvalue weighted by molar-refractivity contribution is 5.72. The highest BCUT2D eigenvalue weighted by Crippen LogP contribution is 2.26. The molecule has 1 saturated carbocycles. The van der Waals surface area contributed by atoms with Gasteiger partial charge in [-0.1, -0.05) is 0 Å². The maximum Gasteiger partial charge on any atom is 0.255 e. The molecule has 0 saturated heterocycles. The molecule has 1 aliphatic carbocycles. The molecule has 5 aromatic rings.